The molecule has 0 aliphatic carbocycles. The van der Waals surface area contributed by atoms with Crippen molar-refractivity contribution in [3.63, 3.8) is 0 Å². The number of aromatic nitrogens is 4. The number of carboxylic acids is 1. The number of hydrogen-bond donors (Lipinski definition) is 1. The number of rotatable bonds is 5. The molecule has 7 nitrogen and oxygen atoms in total. The van der Waals surface area contributed by atoms with Gasteiger partial charge in [0, 0.05) is 6.08 Å². The minimum Gasteiger partial charge on any atom is -0.479 e. The van der Waals surface area contributed by atoms with Crippen LogP contribution in [-0.2, 0) is 18.4 Å². The molecule has 0 spiro atoms. The maximum atomic E-state index is 13.7. The Balaban J connectivity index is 2.15. The minimum atomic E-state index is -1.22. The van der Waals surface area contributed by atoms with Crippen LogP contribution in [0.2, 0.25) is 0 Å². The molecule has 0 aliphatic rings. The molecule has 1 aromatic carbocycles. The molecule has 1 N–H and O–H groups in total. The monoisotopic (exact) mass is 296 g/mol. The molecule has 9 heteroatoms. The van der Waals surface area contributed by atoms with Crippen molar-refractivity contribution in [3.8, 4) is 5.75 Å². The molecule has 2 rings (SSSR count). The number of ether oxygens (including phenoxy) is 1. The van der Waals surface area contributed by atoms with E-state index < -0.39 is 23.4 Å². The van der Waals surface area contributed by atoms with E-state index in [1.54, 1.807) is 7.05 Å². The van der Waals surface area contributed by atoms with E-state index in [2.05, 4.69) is 15.4 Å². The van der Waals surface area contributed by atoms with Crippen LogP contribution in [0.4, 0.5) is 8.78 Å². The molecule has 0 radical (unpaired) electrons. The quantitative estimate of drug-likeness (QED) is 0.833. The van der Waals surface area contributed by atoms with Crippen LogP contribution < -0.4 is 4.74 Å². The third-order valence-electron chi connectivity index (χ3n) is 2.33. The van der Waals surface area contributed by atoms with Crippen LogP contribution in [0.3, 0.4) is 0 Å². The van der Waals surface area contributed by atoms with Gasteiger partial charge in [0.25, 0.3) is 0 Å². The molecule has 0 saturated heterocycles. The van der Waals surface area contributed by atoms with E-state index in [4.69, 9.17) is 9.84 Å². The zero-order valence-corrected chi connectivity index (χ0v) is 10.8. The highest BCUT2D eigenvalue weighted by Gasteiger charge is 2.13. The predicted molar refractivity (Wildman–Crippen MR) is 66.2 cm³/mol. The summed E-state index contributed by atoms with van der Waals surface area (Å²) in [5.41, 5.74) is 0.0670. The number of aryl methyl sites for hydroxylation is 1. The Morgan fingerprint density at radius 2 is 2.10 bits per heavy atom. The Kier molecular flexibility index (Phi) is 4.21. The molecular weight excluding hydrogens is 286 g/mol. The van der Waals surface area contributed by atoms with Crippen LogP contribution in [0.5, 0.6) is 5.75 Å². The van der Waals surface area contributed by atoms with Crippen molar-refractivity contribution in [2.45, 2.75) is 6.61 Å². The summed E-state index contributed by atoms with van der Waals surface area (Å²) in [5.74, 6) is -3.54. The highest BCUT2D eigenvalue weighted by Crippen LogP contribution is 2.24. The molecule has 0 atom stereocenters. The van der Waals surface area contributed by atoms with Gasteiger partial charge in [-0.1, -0.05) is 0 Å². The molecular formula is C12H10F2N4O3. The second kappa shape index (κ2) is 6.07. The topological polar surface area (TPSA) is 90.1 Å². The lowest BCUT2D eigenvalue weighted by Gasteiger charge is -2.07. The number of benzene rings is 1. The zero-order chi connectivity index (χ0) is 15.4. The molecule has 0 saturated carbocycles. The number of aliphatic carboxylic acids is 1. The van der Waals surface area contributed by atoms with Gasteiger partial charge in [-0.2, -0.15) is 4.80 Å². The normalized spacial score (nSPS) is 11.0. The highest BCUT2D eigenvalue weighted by molar-refractivity contribution is 5.85. The third-order valence-corrected chi connectivity index (χ3v) is 2.33. The van der Waals surface area contributed by atoms with E-state index in [0.29, 0.717) is 0 Å². The van der Waals surface area contributed by atoms with Gasteiger partial charge in [0.1, 0.15) is 0 Å². The lowest BCUT2D eigenvalue weighted by molar-refractivity contribution is -0.131. The van der Waals surface area contributed by atoms with E-state index in [1.165, 1.54) is 4.80 Å². The summed E-state index contributed by atoms with van der Waals surface area (Å²) < 4.78 is 32.4. The number of carboxylic acid groups (broad SMARTS) is 1. The zero-order valence-electron chi connectivity index (χ0n) is 10.8. The number of carbonyl (C=O) groups is 1. The molecule has 0 fully saturated rings. The Morgan fingerprint density at radius 3 is 2.62 bits per heavy atom. The van der Waals surface area contributed by atoms with E-state index in [9.17, 15) is 13.6 Å². The first-order valence-corrected chi connectivity index (χ1v) is 5.71. The predicted octanol–water partition coefficient (Wildman–Crippen LogP) is 1.17. The molecule has 2 aromatic rings. The average Bonchev–Trinajstić information content (AvgIpc) is 2.81. The van der Waals surface area contributed by atoms with Crippen molar-refractivity contribution in [3.05, 3.63) is 41.2 Å². The van der Waals surface area contributed by atoms with Crippen LogP contribution in [0, 0.1) is 11.6 Å². The van der Waals surface area contributed by atoms with Crippen molar-refractivity contribution in [1.82, 2.24) is 20.2 Å². The highest BCUT2D eigenvalue weighted by atomic mass is 19.1. The van der Waals surface area contributed by atoms with E-state index >= 15 is 0 Å². The first kappa shape index (κ1) is 14.6. The smallest absolute Gasteiger partial charge is 0.328 e. The van der Waals surface area contributed by atoms with Crippen molar-refractivity contribution < 1.29 is 23.4 Å². The van der Waals surface area contributed by atoms with E-state index in [-0.39, 0.29) is 18.0 Å². The second-order valence-electron chi connectivity index (χ2n) is 3.97. The fraction of sp³-hybridized carbons (Fsp3) is 0.167. The molecule has 1 heterocycles. The molecule has 21 heavy (non-hydrogen) atoms. The number of tetrazole rings is 1. The summed E-state index contributed by atoms with van der Waals surface area (Å²) in [7, 11) is 1.54. The number of nitrogens with zero attached hydrogens (tertiary/aromatic N) is 4. The average molecular weight is 296 g/mol. The van der Waals surface area contributed by atoms with Gasteiger partial charge in [0.05, 0.1) is 7.05 Å². The van der Waals surface area contributed by atoms with Gasteiger partial charge in [0.15, 0.2) is 24.0 Å². The molecule has 1 aromatic heterocycles. The maximum Gasteiger partial charge on any atom is 0.328 e. The van der Waals surface area contributed by atoms with Gasteiger partial charge in [-0.15, -0.1) is 10.2 Å². The van der Waals surface area contributed by atoms with Gasteiger partial charge < -0.3 is 9.84 Å². The summed E-state index contributed by atoms with van der Waals surface area (Å²) in [6.07, 6.45) is 1.85. The minimum absolute atomic E-state index is 0.0670. The fourth-order valence-electron chi connectivity index (χ4n) is 1.50. The number of halogens is 2. The lowest BCUT2D eigenvalue weighted by atomic mass is 10.2. The summed E-state index contributed by atoms with van der Waals surface area (Å²) in [5, 5.41) is 19.4. The largest absolute Gasteiger partial charge is 0.479 e. The Hall–Kier alpha value is -2.84. The van der Waals surface area contributed by atoms with E-state index in [0.717, 1.165) is 24.3 Å². The molecule has 0 bridgehead atoms. The van der Waals surface area contributed by atoms with Crippen LogP contribution in [0.15, 0.2) is 18.2 Å². The van der Waals surface area contributed by atoms with Crippen LogP contribution in [0.25, 0.3) is 6.08 Å². The second-order valence-corrected chi connectivity index (χ2v) is 3.97. The molecule has 110 valence electrons. The SMILES string of the molecule is Cn1nnc(COc2c(F)cc(/C=C/C(=O)O)cc2F)n1. The van der Waals surface area contributed by atoms with Crippen molar-refractivity contribution >= 4 is 12.0 Å². The Morgan fingerprint density at radius 1 is 1.43 bits per heavy atom. The van der Waals surface area contributed by atoms with Crippen molar-refractivity contribution in [1.29, 1.82) is 0 Å². The Labute approximate surface area is 117 Å². The van der Waals surface area contributed by atoms with Crippen LogP contribution in [0.1, 0.15) is 11.4 Å². The third kappa shape index (κ3) is 3.81. The first-order valence-electron chi connectivity index (χ1n) is 5.71. The summed E-state index contributed by atoms with van der Waals surface area (Å²) in [6, 6.07) is 1.92. The van der Waals surface area contributed by atoms with E-state index in [1.807, 2.05) is 0 Å². The maximum absolute atomic E-state index is 13.7. The lowest BCUT2D eigenvalue weighted by Crippen LogP contribution is -2.03. The van der Waals surface area contributed by atoms with Crippen LogP contribution in [-0.4, -0.2) is 31.3 Å². The van der Waals surface area contributed by atoms with Crippen molar-refractivity contribution in [2.75, 3.05) is 0 Å². The summed E-state index contributed by atoms with van der Waals surface area (Å²) >= 11 is 0. The van der Waals surface area contributed by atoms with Gasteiger partial charge in [0.2, 0.25) is 5.82 Å². The van der Waals surface area contributed by atoms with Gasteiger partial charge >= 0.3 is 5.97 Å². The summed E-state index contributed by atoms with van der Waals surface area (Å²) in [4.78, 5) is 11.5. The standard InChI is InChI=1S/C12H10F2N4O3/c1-18-16-10(15-17-18)6-21-12-8(13)4-7(5-9(12)14)2-3-11(19)20/h2-5H,6H2,1H3,(H,19,20)/b3-2+. The summed E-state index contributed by atoms with van der Waals surface area (Å²) in [6.45, 7) is -0.244. The number of hydrogen-bond acceptors (Lipinski definition) is 5. The molecule has 0 amide bonds. The van der Waals surface area contributed by atoms with Crippen molar-refractivity contribution in [2.24, 2.45) is 7.05 Å². The van der Waals surface area contributed by atoms with Crippen LogP contribution >= 0.6 is 0 Å². The van der Waals surface area contributed by atoms with Gasteiger partial charge in [-0.25, -0.2) is 13.6 Å². The van der Waals surface area contributed by atoms with Gasteiger partial charge in [-0.05, 0) is 29.0 Å². The fourth-order valence-corrected chi connectivity index (χ4v) is 1.50. The molecule has 0 unspecified atom stereocenters. The Bertz CT molecular complexity index is 677. The first-order chi connectivity index (χ1) is 9.95. The van der Waals surface area contributed by atoms with Gasteiger partial charge in [-0.3, -0.25) is 0 Å². The molecule has 0 aliphatic heterocycles.